The average molecular weight is 332 g/mol. The van der Waals surface area contributed by atoms with Crippen molar-refractivity contribution < 1.29 is 9.53 Å². The van der Waals surface area contributed by atoms with Gasteiger partial charge >= 0.3 is 0 Å². The van der Waals surface area contributed by atoms with Crippen LogP contribution in [0, 0.1) is 13.8 Å². The third-order valence-corrected chi connectivity index (χ3v) is 4.43. The molecule has 5 heteroatoms. The van der Waals surface area contributed by atoms with Crippen LogP contribution in [0.15, 0.2) is 30.3 Å². The van der Waals surface area contributed by atoms with Crippen LogP contribution in [0.3, 0.4) is 0 Å². The number of hydrogen-bond acceptors (Lipinski definition) is 4. The van der Waals surface area contributed by atoms with Crippen molar-refractivity contribution in [2.24, 2.45) is 0 Å². The second-order valence-corrected chi connectivity index (χ2v) is 7.01. The van der Waals surface area contributed by atoms with Crippen LogP contribution in [0.2, 0.25) is 0 Å². The maximum atomic E-state index is 12.0. The first kappa shape index (κ1) is 17.6. The lowest BCUT2D eigenvalue weighted by molar-refractivity contribution is -0.122. The fourth-order valence-electron chi connectivity index (χ4n) is 2.43. The number of amides is 1. The Morgan fingerprint density at radius 3 is 2.70 bits per heavy atom. The number of hydrogen-bond donors (Lipinski definition) is 1. The molecule has 0 saturated carbocycles. The van der Waals surface area contributed by atoms with Gasteiger partial charge in [-0.1, -0.05) is 30.3 Å². The van der Waals surface area contributed by atoms with E-state index in [-0.39, 0.29) is 11.9 Å². The lowest BCUT2D eigenvalue weighted by Gasteiger charge is -2.13. The smallest absolute Gasteiger partial charge is 0.220 e. The summed E-state index contributed by atoms with van der Waals surface area (Å²) in [5.41, 5.74) is 2.13. The highest BCUT2D eigenvalue weighted by Gasteiger charge is 2.15. The summed E-state index contributed by atoms with van der Waals surface area (Å²) in [4.78, 5) is 17.6. The molecular formula is C18H24N2O2S. The van der Waals surface area contributed by atoms with Gasteiger partial charge in [0.2, 0.25) is 5.91 Å². The molecule has 2 rings (SSSR count). The monoisotopic (exact) mass is 332 g/mol. The largest absolute Gasteiger partial charge is 0.377 e. The molecule has 0 radical (unpaired) electrons. The molecule has 0 bridgehead atoms. The van der Waals surface area contributed by atoms with Crippen LogP contribution >= 0.6 is 11.3 Å². The van der Waals surface area contributed by atoms with Gasteiger partial charge in [0.25, 0.3) is 0 Å². The predicted molar refractivity (Wildman–Crippen MR) is 93.5 cm³/mol. The van der Waals surface area contributed by atoms with E-state index >= 15 is 0 Å². The minimum absolute atomic E-state index is 0.0438. The number of carbonyl (C=O) groups is 1. The quantitative estimate of drug-likeness (QED) is 0.745. The van der Waals surface area contributed by atoms with Gasteiger partial charge in [-0.3, -0.25) is 4.79 Å². The Labute approximate surface area is 141 Å². The van der Waals surface area contributed by atoms with E-state index in [0.29, 0.717) is 19.6 Å². The maximum absolute atomic E-state index is 12.0. The summed E-state index contributed by atoms with van der Waals surface area (Å²) >= 11 is 1.66. The van der Waals surface area contributed by atoms with Crippen molar-refractivity contribution in [2.75, 3.05) is 6.61 Å². The van der Waals surface area contributed by atoms with Gasteiger partial charge < -0.3 is 10.1 Å². The molecule has 1 aromatic heterocycles. The maximum Gasteiger partial charge on any atom is 0.220 e. The molecular weight excluding hydrogens is 308 g/mol. The van der Waals surface area contributed by atoms with Gasteiger partial charge in [-0.25, -0.2) is 4.98 Å². The fraction of sp³-hybridized carbons (Fsp3) is 0.444. The van der Waals surface area contributed by atoms with Crippen molar-refractivity contribution in [3.8, 4) is 0 Å². The highest BCUT2D eigenvalue weighted by molar-refractivity contribution is 7.11. The van der Waals surface area contributed by atoms with Gasteiger partial charge in [0.15, 0.2) is 0 Å². The van der Waals surface area contributed by atoms with Gasteiger partial charge in [-0.05, 0) is 32.8 Å². The average Bonchev–Trinajstić information content (AvgIpc) is 2.86. The molecule has 0 spiro atoms. The summed E-state index contributed by atoms with van der Waals surface area (Å²) < 4.78 is 5.59. The second kappa shape index (κ2) is 8.79. The Morgan fingerprint density at radius 2 is 2.04 bits per heavy atom. The summed E-state index contributed by atoms with van der Waals surface area (Å²) in [5.74, 6) is 0.0471. The molecule has 0 unspecified atom stereocenters. The molecule has 23 heavy (non-hydrogen) atoms. The zero-order valence-corrected chi connectivity index (χ0v) is 14.8. The molecule has 1 heterocycles. The molecule has 0 aliphatic heterocycles. The number of nitrogens with one attached hydrogen (secondary N) is 1. The Balaban J connectivity index is 1.64. The van der Waals surface area contributed by atoms with Crippen LogP contribution in [-0.4, -0.2) is 17.5 Å². The minimum Gasteiger partial charge on any atom is -0.377 e. The molecule has 1 N–H and O–H groups in total. The van der Waals surface area contributed by atoms with Crippen LogP contribution in [0.25, 0.3) is 0 Å². The van der Waals surface area contributed by atoms with Crippen molar-refractivity contribution in [3.63, 3.8) is 0 Å². The molecule has 1 aromatic carbocycles. The molecule has 124 valence electrons. The van der Waals surface area contributed by atoms with E-state index in [1.165, 1.54) is 4.88 Å². The van der Waals surface area contributed by atoms with Crippen LogP contribution in [-0.2, 0) is 16.1 Å². The number of rotatable bonds is 8. The van der Waals surface area contributed by atoms with Crippen molar-refractivity contribution in [1.82, 2.24) is 10.3 Å². The van der Waals surface area contributed by atoms with E-state index in [1.54, 1.807) is 11.3 Å². The van der Waals surface area contributed by atoms with E-state index in [1.807, 2.05) is 51.1 Å². The highest BCUT2D eigenvalue weighted by Crippen LogP contribution is 2.22. The van der Waals surface area contributed by atoms with Crippen molar-refractivity contribution in [3.05, 3.63) is 51.5 Å². The van der Waals surface area contributed by atoms with Crippen molar-refractivity contribution >= 4 is 17.2 Å². The van der Waals surface area contributed by atoms with Gasteiger partial charge in [0.05, 0.1) is 23.4 Å². The normalized spacial score (nSPS) is 12.1. The van der Waals surface area contributed by atoms with Crippen LogP contribution in [0.4, 0.5) is 0 Å². The zero-order chi connectivity index (χ0) is 16.7. The number of carbonyl (C=O) groups excluding carboxylic acids is 1. The zero-order valence-electron chi connectivity index (χ0n) is 14.0. The number of aromatic nitrogens is 1. The molecule has 4 nitrogen and oxygen atoms in total. The molecule has 0 saturated heterocycles. The van der Waals surface area contributed by atoms with Gasteiger partial charge in [-0.2, -0.15) is 0 Å². The van der Waals surface area contributed by atoms with Crippen LogP contribution < -0.4 is 5.32 Å². The third-order valence-electron chi connectivity index (χ3n) is 3.53. The molecule has 2 aromatic rings. The topological polar surface area (TPSA) is 51.2 Å². The summed E-state index contributed by atoms with van der Waals surface area (Å²) in [5, 5.41) is 4.04. The lowest BCUT2D eigenvalue weighted by Crippen LogP contribution is -2.27. The minimum atomic E-state index is -0.0438. The van der Waals surface area contributed by atoms with Crippen molar-refractivity contribution in [1.29, 1.82) is 0 Å². The predicted octanol–water partition coefficient (Wildman–Crippen LogP) is 3.93. The van der Waals surface area contributed by atoms with E-state index < -0.39 is 0 Å². The third kappa shape index (κ3) is 5.77. The lowest BCUT2D eigenvalue weighted by atomic mass is 10.2. The number of thiazole rings is 1. The first-order chi connectivity index (χ1) is 11.1. The van der Waals surface area contributed by atoms with E-state index in [4.69, 9.17) is 4.74 Å². The summed E-state index contributed by atoms with van der Waals surface area (Å²) in [6, 6.07) is 10.0. The highest BCUT2D eigenvalue weighted by atomic mass is 32.1. The molecule has 0 aliphatic carbocycles. The first-order valence-electron chi connectivity index (χ1n) is 7.91. The van der Waals surface area contributed by atoms with Crippen LogP contribution in [0.5, 0.6) is 0 Å². The number of ether oxygens (including phenoxy) is 1. The van der Waals surface area contributed by atoms with E-state index in [9.17, 15) is 4.79 Å². The van der Waals surface area contributed by atoms with Gasteiger partial charge in [0, 0.05) is 17.9 Å². The summed E-state index contributed by atoms with van der Waals surface area (Å²) in [6.45, 7) is 7.19. The molecule has 0 aliphatic rings. The van der Waals surface area contributed by atoms with E-state index in [0.717, 1.165) is 22.7 Å². The number of nitrogens with zero attached hydrogens (tertiary/aromatic N) is 1. The Hall–Kier alpha value is -1.72. The van der Waals surface area contributed by atoms with Crippen LogP contribution in [0.1, 0.15) is 46.9 Å². The second-order valence-electron chi connectivity index (χ2n) is 5.61. The standard InChI is InChI=1S/C18H24N2O2S/c1-13(18-14(2)23-15(3)20-18)19-17(21)10-7-11-22-12-16-8-5-4-6-9-16/h4-6,8-9,13H,7,10-12H2,1-3H3,(H,19,21)/t13-/m1/s1. The molecule has 1 amide bonds. The number of benzene rings is 1. The molecule has 0 fully saturated rings. The van der Waals surface area contributed by atoms with Crippen molar-refractivity contribution in [2.45, 2.75) is 46.3 Å². The first-order valence-corrected chi connectivity index (χ1v) is 8.73. The SMILES string of the molecule is Cc1nc([C@@H](C)NC(=O)CCCOCc2ccccc2)c(C)s1. The Bertz CT molecular complexity index is 625. The van der Waals surface area contributed by atoms with E-state index in [2.05, 4.69) is 10.3 Å². The molecule has 1 atom stereocenters. The van der Waals surface area contributed by atoms with Gasteiger partial charge in [-0.15, -0.1) is 11.3 Å². The summed E-state index contributed by atoms with van der Waals surface area (Å²) in [6.07, 6.45) is 1.20. The van der Waals surface area contributed by atoms with Gasteiger partial charge in [0.1, 0.15) is 0 Å². The Morgan fingerprint density at radius 1 is 1.30 bits per heavy atom. The Kier molecular flexibility index (Phi) is 6.74. The summed E-state index contributed by atoms with van der Waals surface area (Å²) in [7, 11) is 0. The fourth-order valence-corrected chi connectivity index (χ4v) is 3.34. The number of aryl methyl sites for hydroxylation is 2.